The van der Waals surface area contributed by atoms with Crippen molar-refractivity contribution in [3.05, 3.63) is 21.5 Å². The molecule has 1 aliphatic rings. The van der Waals surface area contributed by atoms with E-state index in [9.17, 15) is 4.79 Å². The Balaban J connectivity index is 2.24. The highest BCUT2D eigenvalue weighted by molar-refractivity contribution is 14.1. The fraction of sp³-hybridized carbons (Fsp3) is 0.455. The molecule has 1 amide bonds. The van der Waals surface area contributed by atoms with Crippen molar-refractivity contribution in [3.8, 4) is 5.75 Å². The van der Waals surface area contributed by atoms with Crippen LogP contribution in [0, 0.1) is 3.70 Å². The summed E-state index contributed by atoms with van der Waals surface area (Å²) >= 11 is 2.06. The average Bonchev–Trinajstić information content (AvgIpc) is 3.03. The third kappa shape index (κ3) is 2.63. The summed E-state index contributed by atoms with van der Waals surface area (Å²) in [5.74, 6) is 0.645. The van der Waals surface area contributed by atoms with Crippen molar-refractivity contribution in [3.63, 3.8) is 0 Å². The van der Waals surface area contributed by atoms with E-state index in [0.717, 1.165) is 12.8 Å². The Kier molecular flexibility index (Phi) is 3.32. The van der Waals surface area contributed by atoms with E-state index in [1.54, 1.807) is 31.3 Å². The first-order valence-corrected chi connectivity index (χ1v) is 6.19. The number of carbonyl (C=O) groups is 1. The van der Waals surface area contributed by atoms with Crippen LogP contribution in [0.3, 0.4) is 0 Å². The van der Waals surface area contributed by atoms with Crippen LogP contribution in [0.4, 0.5) is 0 Å². The van der Waals surface area contributed by atoms with Crippen LogP contribution in [0.15, 0.2) is 12.3 Å². The Morgan fingerprint density at radius 1 is 1.56 bits per heavy atom. The van der Waals surface area contributed by atoms with Gasteiger partial charge < -0.3 is 9.64 Å². The van der Waals surface area contributed by atoms with Crippen molar-refractivity contribution in [1.29, 1.82) is 0 Å². The molecule has 1 fully saturated rings. The van der Waals surface area contributed by atoms with Gasteiger partial charge in [0, 0.05) is 14.1 Å². The molecule has 16 heavy (non-hydrogen) atoms. The molecule has 0 aliphatic heterocycles. The molecule has 1 heterocycles. The minimum atomic E-state index is -0.0434. The molecule has 1 aromatic rings. The third-order valence-corrected chi connectivity index (χ3v) is 3.14. The Morgan fingerprint density at radius 3 is 2.81 bits per heavy atom. The molecule has 5 heteroatoms. The van der Waals surface area contributed by atoms with E-state index in [-0.39, 0.29) is 5.91 Å². The number of hydrogen-bond acceptors (Lipinski definition) is 3. The molecule has 1 aromatic heterocycles. The summed E-state index contributed by atoms with van der Waals surface area (Å²) in [6.07, 6.45) is 4.20. The Morgan fingerprint density at radius 2 is 2.25 bits per heavy atom. The van der Waals surface area contributed by atoms with Gasteiger partial charge in [-0.15, -0.1) is 0 Å². The maximum absolute atomic E-state index is 11.8. The summed E-state index contributed by atoms with van der Waals surface area (Å²) in [5.41, 5.74) is 0.601. The lowest BCUT2D eigenvalue weighted by Gasteiger charge is -2.12. The minimum Gasteiger partial charge on any atom is -0.489 e. The zero-order valence-electron chi connectivity index (χ0n) is 9.24. The molecule has 0 atom stereocenters. The first-order chi connectivity index (χ1) is 7.58. The van der Waals surface area contributed by atoms with Gasteiger partial charge >= 0.3 is 0 Å². The molecular formula is C11H13IN2O2. The predicted octanol–water partition coefficient (Wildman–Crippen LogP) is 1.93. The van der Waals surface area contributed by atoms with Crippen molar-refractivity contribution in [2.45, 2.75) is 18.9 Å². The van der Waals surface area contributed by atoms with Crippen LogP contribution in [0.1, 0.15) is 23.2 Å². The average molecular weight is 332 g/mol. The molecule has 0 N–H and O–H groups in total. The highest BCUT2D eigenvalue weighted by atomic mass is 127. The van der Waals surface area contributed by atoms with E-state index in [4.69, 9.17) is 4.74 Å². The van der Waals surface area contributed by atoms with Crippen LogP contribution >= 0.6 is 22.6 Å². The fourth-order valence-electron chi connectivity index (χ4n) is 1.26. The summed E-state index contributed by atoms with van der Waals surface area (Å²) in [4.78, 5) is 17.6. The van der Waals surface area contributed by atoms with Crippen LogP contribution in [0.2, 0.25) is 0 Å². The normalized spacial score (nSPS) is 14.7. The number of carbonyl (C=O) groups excluding carboxylic acids is 1. The smallest absolute Gasteiger partial charge is 0.256 e. The van der Waals surface area contributed by atoms with Gasteiger partial charge in [-0.3, -0.25) is 4.79 Å². The zero-order valence-corrected chi connectivity index (χ0v) is 11.4. The van der Waals surface area contributed by atoms with Crippen LogP contribution in [-0.2, 0) is 0 Å². The molecular weight excluding hydrogens is 319 g/mol. The number of rotatable bonds is 3. The van der Waals surface area contributed by atoms with Crippen molar-refractivity contribution < 1.29 is 9.53 Å². The summed E-state index contributed by atoms with van der Waals surface area (Å²) in [6, 6.07) is 1.77. The highest BCUT2D eigenvalue weighted by Gasteiger charge is 2.24. The maximum atomic E-state index is 11.8. The first-order valence-electron chi connectivity index (χ1n) is 5.12. The van der Waals surface area contributed by atoms with E-state index >= 15 is 0 Å². The van der Waals surface area contributed by atoms with E-state index in [2.05, 4.69) is 27.6 Å². The SMILES string of the molecule is CN(C)C(=O)c1cc(OC2CC2)cnc1I. The number of amides is 1. The fourth-order valence-corrected chi connectivity index (χ4v) is 1.79. The molecule has 86 valence electrons. The van der Waals surface area contributed by atoms with E-state index in [0.29, 0.717) is 21.1 Å². The number of aromatic nitrogens is 1. The first kappa shape index (κ1) is 11.6. The Labute approximate surface area is 108 Å². The Bertz CT molecular complexity index is 416. The van der Waals surface area contributed by atoms with Gasteiger partial charge in [-0.25, -0.2) is 4.98 Å². The summed E-state index contributed by atoms with van der Waals surface area (Å²) in [6.45, 7) is 0. The lowest BCUT2D eigenvalue weighted by Crippen LogP contribution is -2.23. The van der Waals surface area contributed by atoms with Crippen LogP contribution in [0.25, 0.3) is 0 Å². The predicted molar refractivity (Wildman–Crippen MR) is 68.6 cm³/mol. The van der Waals surface area contributed by atoms with Gasteiger partial charge in [-0.1, -0.05) is 0 Å². The number of ether oxygens (including phenoxy) is 1. The second-order valence-corrected chi connectivity index (χ2v) is 5.05. The lowest BCUT2D eigenvalue weighted by atomic mass is 10.2. The van der Waals surface area contributed by atoms with Gasteiger partial charge in [0.1, 0.15) is 9.45 Å². The molecule has 0 saturated heterocycles. The molecule has 2 rings (SSSR count). The second kappa shape index (κ2) is 4.57. The molecule has 4 nitrogen and oxygen atoms in total. The van der Waals surface area contributed by atoms with Gasteiger partial charge in [0.15, 0.2) is 0 Å². The van der Waals surface area contributed by atoms with E-state index in [1.807, 2.05) is 0 Å². The molecule has 1 aliphatic carbocycles. The van der Waals surface area contributed by atoms with Crippen LogP contribution < -0.4 is 4.74 Å². The molecule has 0 radical (unpaired) electrons. The minimum absolute atomic E-state index is 0.0434. The largest absolute Gasteiger partial charge is 0.489 e. The second-order valence-electron chi connectivity index (χ2n) is 4.03. The Hall–Kier alpha value is -0.850. The number of nitrogens with zero attached hydrogens (tertiary/aromatic N) is 2. The number of halogens is 1. The van der Waals surface area contributed by atoms with Crippen molar-refractivity contribution in [1.82, 2.24) is 9.88 Å². The summed E-state index contributed by atoms with van der Waals surface area (Å²) < 4.78 is 6.32. The lowest BCUT2D eigenvalue weighted by molar-refractivity contribution is 0.0825. The van der Waals surface area contributed by atoms with Gasteiger partial charge in [-0.05, 0) is 41.5 Å². The van der Waals surface area contributed by atoms with E-state index in [1.165, 1.54) is 0 Å². The van der Waals surface area contributed by atoms with E-state index < -0.39 is 0 Å². The van der Waals surface area contributed by atoms with Gasteiger partial charge in [0.05, 0.1) is 17.9 Å². The molecule has 1 saturated carbocycles. The molecule has 0 bridgehead atoms. The van der Waals surface area contributed by atoms with Crippen molar-refractivity contribution in [2.75, 3.05) is 14.1 Å². The standard InChI is InChI=1S/C11H13IN2O2/c1-14(2)11(15)9-5-8(6-13-10(9)12)16-7-3-4-7/h5-7H,3-4H2,1-2H3. The summed E-state index contributed by atoms with van der Waals surface area (Å²) in [5, 5.41) is 0. The quantitative estimate of drug-likeness (QED) is 0.627. The van der Waals surface area contributed by atoms with Gasteiger partial charge in [0.25, 0.3) is 5.91 Å². The molecule has 0 aromatic carbocycles. The highest BCUT2D eigenvalue weighted by Crippen LogP contribution is 2.27. The van der Waals surface area contributed by atoms with Crippen LogP contribution in [-0.4, -0.2) is 36.0 Å². The van der Waals surface area contributed by atoms with Crippen molar-refractivity contribution >= 4 is 28.5 Å². The third-order valence-electron chi connectivity index (χ3n) is 2.28. The van der Waals surface area contributed by atoms with Gasteiger partial charge in [0.2, 0.25) is 0 Å². The zero-order chi connectivity index (χ0) is 11.7. The van der Waals surface area contributed by atoms with Gasteiger partial charge in [-0.2, -0.15) is 0 Å². The molecule has 0 spiro atoms. The molecule has 0 unspecified atom stereocenters. The summed E-state index contributed by atoms with van der Waals surface area (Å²) in [7, 11) is 3.46. The monoisotopic (exact) mass is 332 g/mol. The maximum Gasteiger partial charge on any atom is 0.256 e. The number of hydrogen-bond donors (Lipinski definition) is 0. The number of pyridine rings is 1. The topological polar surface area (TPSA) is 42.4 Å². The van der Waals surface area contributed by atoms with Crippen molar-refractivity contribution in [2.24, 2.45) is 0 Å². The van der Waals surface area contributed by atoms with Crippen LogP contribution in [0.5, 0.6) is 5.75 Å².